The number of ether oxygens (including phenoxy) is 2. The summed E-state index contributed by atoms with van der Waals surface area (Å²) >= 11 is 6.20. The minimum absolute atomic E-state index is 0.130. The standard InChI is InChI=1S/C25H19ClN4O3/c1-15-23(17-3-2-4-18(26)12-17)24-27-13-19-20(30(24)28-15)7-8-29(25(19)31)14-16-5-6-21-22(11-16)33-10-9-32-21/h2-8,11-13H,9-10,14H2,1H3. The van der Waals surface area contributed by atoms with Gasteiger partial charge in [-0.2, -0.15) is 5.10 Å². The first kappa shape index (κ1) is 19.8. The summed E-state index contributed by atoms with van der Waals surface area (Å²) in [6.07, 6.45) is 3.42. The van der Waals surface area contributed by atoms with Gasteiger partial charge in [-0.05, 0) is 48.4 Å². The van der Waals surface area contributed by atoms with E-state index in [4.69, 9.17) is 21.1 Å². The van der Waals surface area contributed by atoms with Crippen molar-refractivity contribution in [1.29, 1.82) is 0 Å². The minimum Gasteiger partial charge on any atom is -0.486 e. The zero-order valence-electron chi connectivity index (χ0n) is 17.8. The maximum absolute atomic E-state index is 13.3. The number of hydrogen-bond donors (Lipinski definition) is 0. The number of pyridine rings is 1. The van der Waals surface area contributed by atoms with E-state index in [9.17, 15) is 4.79 Å². The third-order valence-corrected chi connectivity index (χ3v) is 6.07. The molecule has 0 spiro atoms. The monoisotopic (exact) mass is 458 g/mol. The van der Waals surface area contributed by atoms with Crippen LogP contribution in [0.3, 0.4) is 0 Å². The van der Waals surface area contributed by atoms with Crippen LogP contribution in [-0.2, 0) is 6.54 Å². The van der Waals surface area contributed by atoms with Gasteiger partial charge in [-0.15, -0.1) is 0 Å². The summed E-state index contributed by atoms with van der Waals surface area (Å²) in [5.41, 5.74) is 4.87. The van der Waals surface area contributed by atoms with E-state index in [1.807, 2.05) is 55.5 Å². The van der Waals surface area contributed by atoms with Crippen LogP contribution in [0.25, 0.3) is 27.7 Å². The van der Waals surface area contributed by atoms with Gasteiger partial charge < -0.3 is 14.0 Å². The molecule has 1 aliphatic heterocycles. The van der Waals surface area contributed by atoms with Crippen LogP contribution >= 0.6 is 11.6 Å². The smallest absolute Gasteiger partial charge is 0.261 e. The molecule has 1 aliphatic rings. The third kappa shape index (κ3) is 3.32. The second-order valence-electron chi connectivity index (χ2n) is 7.99. The fraction of sp³-hybridized carbons (Fsp3) is 0.160. The number of aromatic nitrogens is 4. The summed E-state index contributed by atoms with van der Waals surface area (Å²) in [7, 11) is 0. The molecule has 0 aliphatic carbocycles. The Morgan fingerprint density at radius 2 is 1.91 bits per heavy atom. The summed E-state index contributed by atoms with van der Waals surface area (Å²) in [5, 5.41) is 5.83. The molecule has 5 aromatic rings. The van der Waals surface area contributed by atoms with Gasteiger partial charge in [0.05, 0.1) is 23.1 Å². The fourth-order valence-corrected chi connectivity index (χ4v) is 4.50. The number of fused-ring (bicyclic) bond motifs is 4. The van der Waals surface area contributed by atoms with Gasteiger partial charge in [0.25, 0.3) is 5.56 Å². The highest BCUT2D eigenvalue weighted by atomic mass is 35.5. The Labute approximate surface area is 193 Å². The van der Waals surface area contributed by atoms with Gasteiger partial charge in [0.1, 0.15) is 13.2 Å². The largest absolute Gasteiger partial charge is 0.486 e. The Morgan fingerprint density at radius 1 is 1.06 bits per heavy atom. The molecule has 0 fully saturated rings. The summed E-state index contributed by atoms with van der Waals surface area (Å²) < 4.78 is 14.6. The zero-order valence-corrected chi connectivity index (χ0v) is 18.5. The van der Waals surface area contributed by atoms with Crippen molar-refractivity contribution in [2.24, 2.45) is 0 Å². The summed E-state index contributed by atoms with van der Waals surface area (Å²) in [4.78, 5) is 17.9. The third-order valence-electron chi connectivity index (χ3n) is 5.83. The molecule has 0 amide bonds. The van der Waals surface area contributed by atoms with E-state index in [1.165, 1.54) is 0 Å². The first-order valence-corrected chi connectivity index (χ1v) is 11.0. The highest BCUT2D eigenvalue weighted by Crippen LogP contribution is 2.32. The Bertz CT molecular complexity index is 1610. The average molecular weight is 459 g/mol. The van der Waals surface area contributed by atoms with E-state index in [1.54, 1.807) is 21.5 Å². The summed E-state index contributed by atoms with van der Waals surface area (Å²) in [6.45, 7) is 3.41. The lowest BCUT2D eigenvalue weighted by Gasteiger charge is -2.19. The van der Waals surface area contributed by atoms with Gasteiger partial charge >= 0.3 is 0 Å². The van der Waals surface area contributed by atoms with Crippen molar-refractivity contribution in [3.63, 3.8) is 0 Å². The minimum atomic E-state index is -0.130. The molecule has 0 unspecified atom stereocenters. The van der Waals surface area contributed by atoms with Crippen molar-refractivity contribution < 1.29 is 9.47 Å². The summed E-state index contributed by atoms with van der Waals surface area (Å²) in [5.74, 6) is 1.43. The van der Waals surface area contributed by atoms with Crippen LogP contribution in [0.1, 0.15) is 11.3 Å². The Hall–Kier alpha value is -3.84. The van der Waals surface area contributed by atoms with E-state index in [-0.39, 0.29) is 5.56 Å². The van der Waals surface area contributed by atoms with E-state index in [0.29, 0.717) is 47.1 Å². The molecule has 0 bridgehead atoms. The molecule has 7 nitrogen and oxygen atoms in total. The van der Waals surface area contributed by atoms with Crippen LogP contribution in [0.2, 0.25) is 5.02 Å². The first-order valence-electron chi connectivity index (χ1n) is 10.6. The number of benzene rings is 2. The van der Waals surface area contributed by atoms with Crippen LogP contribution in [0.15, 0.2) is 65.7 Å². The lowest BCUT2D eigenvalue weighted by Crippen LogP contribution is -2.21. The topological polar surface area (TPSA) is 70.7 Å². The SMILES string of the molecule is Cc1nn2c(ncc3c(=O)n(Cc4ccc5c(c4)OCCO5)ccc32)c1-c1cccc(Cl)c1. The molecule has 8 heteroatoms. The lowest BCUT2D eigenvalue weighted by atomic mass is 10.1. The molecule has 164 valence electrons. The molecule has 0 saturated heterocycles. The Kier molecular flexibility index (Phi) is 4.58. The number of aryl methyl sites for hydroxylation is 1. The fourth-order valence-electron chi connectivity index (χ4n) is 4.31. The van der Waals surface area contributed by atoms with Crippen LogP contribution in [0.5, 0.6) is 11.5 Å². The normalized spacial score (nSPS) is 13.0. The zero-order chi connectivity index (χ0) is 22.5. The molecule has 0 atom stereocenters. The van der Waals surface area contributed by atoms with E-state index in [2.05, 4.69) is 10.1 Å². The molecule has 4 heterocycles. The first-order chi connectivity index (χ1) is 16.1. The van der Waals surface area contributed by atoms with Gasteiger partial charge in [0, 0.05) is 23.0 Å². The number of hydrogen-bond acceptors (Lipinski definition) is 5. The van der Waals surface area contributed by atoms with Crippen molar-refractivity contribution in [3.05, 3.63) is 87.6 Å². The molecule has 0 saturated carbocycles. The molecule has 6 rings (SSSR count). The maximum atomic E-state index is 13.3. The number of rotatable bonds is 3. The van der Waals surface area contributed by atoms with E-state index < -0.39 is 0 Å². The highest BCUT2D eigenvalue weighted by Gasteiger charge is 2.17. The van der Waals surface area contributed by atoms with Crippen LogP contribution in [0, 0.1) is 6.92 Å². The molecule has 2 aromatic carbocycles. The van der Waals surface area contributed by atoms with Crippen molar-refractivity contribution in [1.82, 2.24) is 19.2 Å². The molecular formula is C25H19ClN4O3. The summed E-state index contributed by atoms with van der Waals surface area (Å²) in [6, 6.07) is 15.2. The van der Waals surface area contributed by atoms with Gasteiger partial charge in [0.15, 0.2) is 17.1 Å². The van der Waals surface area contributed by atoms with Crippen LogP contribution < -0.4 is 15.0 Å². The van der Waals surface area contributed by atoms with Gasteiger partial charge in [0.2, 0.25) is 0 Å². The van der Waals surface area contributed by atoms with Gasteiger partial charge in [-0.1, -0.05) is 29.8 Å². The van der Waals surface area contributed by atoms with Crippen molar-refractivity contribution in [2.45, 2.75) is 13.5 Å². The highest BCUT2D eigenvalue weighted by molar-refractivity contribution is 6.30. The lowest BCUT2D eigenvalue weighted by molar-refractivity contribution is 0.171. The maximum Gasteiger partial charge on any atom is 0.261 e. The van der Waals surface area contributed by atoms with Crippen LogP contribution in [0.4, 0.5) is 0 Å². The van der Waals surface area contributed by atoms with E-state index >= 15 is 0 Å². The molecule has 0 N–H and O–H groups in total. The van der Waals surface area contributed by atoms with Crippen LogP contribution in [-0.4, -0.2) is 32.4 Å². The molecule has 33 heavy (non-hydrogen) atoms. The van der Waals surface area contributed by atoms with E-state index in [0.717, 1.165) is 28.1 Å². The van der Waals surface area contributed by atoms with Crippen molar-refractivity contribution in [3.8, 4) is 22.6 Å². The van der Waals surface area contributed by atoms with Crippen molar-refractivity contribution >= 4 is 28.2 Å². The number of nitrogens with zero attached hydrogens (tertiary/aromatic N) is 4. The average Bonchev–Trinajstić information content (AvgIpc) is 3.17. The predicted molar refractivity (Wildman–Crippen MR) is 126 cm³/mol. The second-order valence-corrected chi connectivity index (χ2v) is 8.43. The number of halogens is 1. The molecule has 3 aromatic heterocycles. The Morgan fingerprint density at radius 3 is 2.76 bits per heavy atom. The quantitative estimate of drug-likeness (QED) is 0.398. The Balaban J connectivity index is 1.44. The van der Waals surface area contributed by atoms with Crippen molar-refractivity contribution in [2.75, 3.05) is 13.2 Å². The second kappa shape index (κ2) is 7.64. The van der Waals surface area contributed by atoms with Gasteiger partial charge in [-0.3, -0.25) is 4.79 Å². The molecular weight excluding hydrogens is 440 g/mol. The molecule has 0 radical (unpaired) electrons. The van der Waals surface area contributed by atoms with Gasteiger partial charge in [-0.25, -0.2) is 9.50 Å². The predicted octanol–water partition coefficient (Wildman–Crippen LogP) is 4.49.